The standard InChI is InChI=1S/C32H20O12/c33-15-6-11-13(8-17(15)35)20(14-9-18(36)16(34)7-12(14)19(11)10-4-2-1-3-5-10)21-24(37)25(38)22-23-26(39)28(41)29(42)30(43)32(23)44-31(22)27(21)40/h1-9,33-43H. The van der Waals surface area contributed by atoms with Gasteiger partial charge in [-0.3, -0.25) is 0 Å². The summed E-state index contributed by atoms with van der Waals surface area (Å²) in [4.78, 5) is 0. The van der Waals surface area contributed by atoms with Crippen molar-refractivity contribution in [2.75, 3.05) is 0 Å². The minimum Gasteiger partial charge on any atom is -0.504 e. The Morgan fingerprint density at radius 3 is 1.27 bits per heavy atom. The quantitative estimate of drug-likeness (QED) is 0.0627. The van der Waals surface area contributed by atoms with Gasteiger partial charge in [0.2, 0.25) is 17.2 Å². The molecule has 7 aromatic rings. The average molecular weight is 597 g/mol. The van der Waals surface area contributed by atoms with Crippen LogP contribution in [-0.4, -0.2) is 56.2 Å². The lowest BCUT2D eigenvalue weighted by Gasteiger charge is -2.20. The minimum atomic E-state index is -1.15. The van der Waals surface area contributed by atoms with Gasteiger partial charge in [-0.2, -0.15) is 0 Å². The van der Waals surface area contributed by atoms with E-state index in [-0.39, 0.29) is 27.1 Å². The fraction of sp³-hybridized carbons (Fsp3) is 0. The summed E-state index contributed by atoms with van der Waals surface area (Å²) in [6.07, 6.45) is 0. The molecule has 44 heavy (non-hydrogen) atoms. The molecule has 0 saturated heterocycles. The van der Waals surface area contributed by atoms with E-state index in [1.54, 1.807) is 30.3 Å². The highest BCUT2D eigenvalue weighted by molar-refractivity contribution is 6.26. The SMILES string of the molecule is Oc1cc2c(-c3ccccc3)c3cc(O)c(O)cc3c(-c3c(O)c(O)c4c(oc5c(O)c(O)c(O)c(O)c54)c3O)c2cc1O. The van der Waals surface area contributed by atoms with Crippen LogP contribution in [0.1, 0.15) is 0 Å². The van der Waals surface area contributed by atoms with Gasteiger partial charge in [-0.25, -0.2) is 0 Å². The Morgan fingerprint density at radius 2 is 0.773 bits per heavy atom. The van der Waals surface area contributed by atoms with Crippen molar-refractivity contribution in [3.8, 4) is 85.5 Å². The number of phenols is 11. The van der Waals surface area contributed by atoms with E-state index in [0.29, 0.717) is 11.1 Å². The second-order valence-electron chi connectivity index (χ2n) is 10.2. The molecule has 0 saturated carbocycles. The first kappa shape index (κ1) is 26.3. The Labute approximate surface area is 244 Å². The van der Waals surface area contributed by atoms with Gasteiger partial charge in [0.05, 0.1) is 16.3 Å². The third-order valence-corrected chi connectivity index (χ3v) is 7.80. The highest BCUT2D eigenvalue weighted by Crippen LogP contribution is 2.60. The summed E-state index contributed by atoms with van der Waals surface area (Å²) in [7, 11) is 0. The molecule has 1 heterocycles. The van der Waals surface area contributed by atoms with Crippen LogP contribution in [0.4, 0.5) is 0 Å². The van der Waals surface area contributed by atoms with Gasteiger partial charge in [-0.1, -0.05) is 30.3 Å². The fourth-order valence-electron chi connectivity index (χ4n) is 5.82. The molecule has 0 amide bonds. The van der Waals surface area contributed by atoms with Crippen LogP contribution in [0.2, 0.25) is 0 Å². The molecule has 0 spiro atoms. The Hall–Kier alpha value is -6.56. The van der Waals surface area contributed by atoms with Gasteiger partial charge in [-0.05, 0) is 56.9 Å². The Morgan fingerprint density at radius 1 is 0.364 bits per heavy atom. The van der Waals surface area contributed by atoms with E-state index in [1.807, 2.05) is 0 Å². The van der Waals surface area contributed by atoms with Gasteiger partial charge in [0.1, 0.15) is 0 Å². The van der Waals surface area contributed by atoms with Crippen molar-refractivity contribution < 1.29 is 60.6 Å². The highest BCUT2D eigenvalue weighted by Gasteiger charge is 2.32. The van der Waals surface area contributed by atoms with Crippen molar-refractivity contribution in [2.24, 2.45) is 0 Å². The van der Waals surface area contributed by atoms with Crippen molar-refractivity contribution in [2.45, 2.75) is 0 Å². The van der Waals surface area contributed by atoms with Gasteiger partial charge in [0, 0.05) is 5.56 Å². The number of phenolic OH excluding ortho intramolecular Hbond substituents is 11. The molecule has 0 unspecified atom stereocenters. The Balaban J connectivity index is 1.75. The molecular formula is C32H20O12. The predicted octanol–water partition coefficient (Wildman–Crippen LogP) is 5.99. The summed E-state index contributed by atoms with van der Waals surface area (Å²) in [6.45, 7) is 0. The average Bonchev–Trinajstić information content (AvgIpc) is 3.41. The van der Waals surface area contributed by atoms with Crippen LogP contribution in [0.15, 0.2) is 59.0 Å². The van der Waals surface area contributed by atoms with E-state index in [2.05, 4.69) is 0 Å². The van der Waals surface area contributed by atoms with Gasteiger partial charge in [0.25, 0.3) is 0 Å². The summed E-state index contributed by atoms with van der Waals surface area (Å²) in [5.74, 6) is -9.40. The van der Waals surface area contributed by atoms with Crippen LogP contribution in [0.5, 0.6) is 63.2 Å². The molecular weight excluding hydrogens is 576 g/mol. The molecule has 7 rings (SSSR count). The van der Waals surface area contributed by atoms with Gasteiger partial charge >= 0.3 is 0 Å². The number of fused-ring (bicyclic) bond motifs is 5. The minimum absolute atomic E-state index is 0.0955. The van der Waals surface area contributed by atoms with Gasteiger partial charge in [0.15, 0.2) is 57.2 Å². The molecule has 12 heteroatoms. The second-order valence-corrected chi connectivity index (χ2v) is 10.2. The maximum absolute atomic E-state index is 11.6. The fourth-order valence-corrected chi connectivity index (χ4v) is 5.82. The van der Waals surface area contributed by atoms with E-state index < -0.39 is 90.7 Å². The van der Waals surface area contributed by atoms with Crippen LogP contribution in [0, 0.1) is 0 Å². The smallest absolute Gasteiger partial charge is 0.208 e. The molecule has 220 valence electrons. The zero-order valence-corrected chi connectivity index (χ0v) is 22.0. The second kappa shape index (κ2) is 8.72. The maximum atomic E-state index is 11.6. The number of rotatable bonds is 2. The first-order valence-electron chi connectivity index (χ1n) is 12.8. The van der Waals surface area contributed by atoms with E-state index in [9.17, 15) is 56.2 Å². The molecule has 0 fully saturated rings. The molecule has 0 aliphatic heterocycles. The number of aromatic hydroxyl groups is 11. The molecule has 0 aliphatic carbocycles. The monoisotopic (exact) mass is 596 g/mol. The molecule has 0 bridgehead atoms. The Kier molecular flexibility index (Phi) is 5.22. The number of benzene rings is 6. The third kappa shape index (κ3) is 3.27. The lowest BCUT2D eigenvalue weighted by atomic mass is 9.84. The zero-order chi connectivity index (χ0) is 31.4. The van der Waals surface area contributed by atoms with E-state index in [0.717, 1.165) is 12.1 Å². The zero-order valence-electron chi connectivity index (χ0n) is 22.0. The van der Waals surface area contributed by atoms with Crippen molar-refractivity contribution in [1.82, 2.24) is 0 Å². The predicted molar refractivity (Wildman–Crippen MR) is 158 cm³/mol. The Bertz CT molecular complexity index is 2320. The van der Waals surface area contributed by atoms with Gasteiger partial charge < -0.3 is 60.6 Å². The van der Waals surface area contributed by atoms with Crippen LogP contribution in [-0.2, 0) is 0 Å². The summed E-state index contributed by atoms with van der Waals surface area (Å²) in [5, 5.41) is 117. The van der Waals surface area contributed by atoms with Crippen LogP contribution in [0.25, 0.3) is 65.7 Å². The molecule has 0 radical (unpaired) electrons. The largest absolute Gasteiger partial charge is 0.504 e. The van der Waals surface area contributed by atoms with Gasteiger partial charge in [-0.15, -0.1) is 0 Å². The molecule has 1 aromatic heterocycles. The lowest BCUT2D eigenvalue weighted by Crippen LogP contribution is -1.93. The van der Waals surface area contributed by atoms with Crippen molar-refractivity contribution >= 4 is 43.5 Å². The first-order chi connectivity index (χ1) is 20.9. The molecule has 0 atom stereocenters. The summed E-state index contributed by atoms with van der Waals surface area (Å²) in [6, 6.07) is 13.5. The third-order valence-electron chi connectivity index (χ3n) is 7.80. The van der Waals surface area contributed by atoms with Crippen molar-refractivity contribution in [3.05, 3.63) is 54.6 Å². The van der Waals surface area contributed by atoms with Crippen molar-refractivity contribution in [1.29, 1.82) is 0 Å². The molecule has 0 aliphatic rings. The summed E-state index contributed by atoms with van der Waals surface area (Å²) < 4.78 is 5.55. The topological polar surface area (TPSA) is 236 Å². The van der Waals surface area contributed by atoms with Crippen molar-refractivity contribution in [3.63, 3.8) is 0 Å². The number of hydrogen-bond acceptors (Lipinski definition) is 12. The summed E-state index contributed by atoms with van der Waals surface area (Å²) in [5.41, 5.74) is -0.828. The number of furan rings is 1. The molecule has 11 N–H and O–H groups in total. The lowest BCUT2D eigenvalue weighted by molar-refractivity contribution is 0.348. The van der Waals surface area contributed by atoms with E-state index in [1.165, 1.54) is 12.1 Å². The maximum Gasteiger partial charge on any atom is 0.208 e. The van der Waals surface area contributed by atoms with Crippen LogP contribution < -0.4 is 0 Å². The van der Waals surface area contributed by atoms with Crippen LogP contribution in [0.3, 0.4) is 0 Å². The van der Waals surface area contributed by atoms with E-state index in [4.69, 9.17) is 4.42 Å². The van der Waals surface area contributed by atoms with Crippen LogP contribution >= 0.6 is 0 Å². The van der Waals surface area contributed by atoms with E-state index >= 15 is 0 Å². The summed E-state index contributed by atoms with van der Waals surface area (Å²) >= 11 is 0. The first-order valence-corrected chi connectivity index (χ1v) is 12.8. The number of hydrogen-bond donors (Lipinski definition) is 11. The normalized spacial score (nSPS) is 11.7. The molecule has 6 aromatic carbocycles. The highest BCUT2D eigenvalue weighted by atomic mass is 16.4. The molecule has 12 nitrogen and oxygen atoms in total.